The first-order valence-electron chi connectivity index (χ1n) is 7.16. The first kappa shape index (κ1) is 17.1. The van der Waals surface area contributed by atoms with Crippen molar-refractivity contribution < 1.29 is 9.18 Å². The van der Waals surface area contributed by atoms with Crippen molar-refractivity contribution in [3.8, 4) is 0 Å². The standard InChI is InChI=1S/C15H18FN5OS/c1-3-8-21-15(17-18-19-21)23-11-14(22)20(4-2)10-12-6-5-7-13(16)9-12/h3,5-7,9H,1,4,8,10-11H2,2H3. The fourth-order valence-corrected chi connectivity index (χ4v) is 2.78. The normalized spacial score (nSPS) is 10.5. The third-order valence-corrected chi connectivity index (χ3v) is 4.06. The van der Waals surface area contributed by atoms with Gasteiger partial charge in [-0.15, -0.1) is 11.7 Å². The number of halogens is 1. The van der Waals surface area contributed by atoms with Crippen LogP contribution in [-0.4, -0.2) is 43.3 Å². The van der Waals surface area contributed by atoms with Gasteiger partial charge in [0.05, 0.1) is 12.3 Å². The van der Waals surface area contributed by atoms with Gasteiger partial charge in [-0.05, 0) is 35.0 Å². The van der Waals surface area contributed by atoms with Crippen molar-refractivity contribution in [2.75, 3.05) is 12.3 Å². The summed E-state index contributed by atoms with van der Waals surface area (Å²) in [7, 11) is 0. The minimum atomic E-state index is -0.302. The quantitative estimate of drug-likeness (QED) is 0.546. The number of hydrogen-bond acceptors (Lipinski definition) is 5. The maximum atomic E-state index is 13.2. The molecule has 122 valence electrons. The highest BCUT2D eigenvalue weighted by Crippen LogP contribution is 2.15. The fraction of sp³-hybridized carbons (Fsp3) is 0.333. The minimum Gasteiger partial charge on any atom is -0.338 e. The summed E-state index contributed by atoms with van der Waals surface area (Å²) in [4.78, 5) is 14.0. The van der Waals surface area contributed by atoms with Gasteiger partial charge >= 0.3 is 0 Å². The van der Waals surface area contributed by atoms with Crippen molar-refractivity contribution in [1.82, 2.24) is 25.1 Å². The first-order valence-corrected chi connectivity index (χ1v) is 8.14. The van der Waals surface area contributed by atoms with E-state index < -0.39 is 0 Å². The highest BCUT2D eigenvalue weighted by atomic mass is 32.2. The number of allylic oxidation sites excluding steroid dienone is 1. The summed E-state index contributed by atoms with van der Waals surface area (Å²) in [6.07, 6.45) is 1.69. The van der Waals surface area contributed by atoms with Crippen molar-refractivity contribution in [2.45, 2.75) is 25.2 Å². The first-order chi connectivity index (χ1) is 11.1. The molecular formula is C15H18FN5OS. The van der Waals surface area contributed by atoms with Gasteiger partial charge in [0.25, 0.3) is 0 Å². The van der Waals surface area contributed by atoms with E-state index in [2.05, 4.69) is 22.1 Å². The van der Waals surface area contributed by atoms with Crippen LogP contribution in [0, 0.1) is 5.82 Å². The Morgan fingerprint density at radius 1 is 1.52 bits per heavy atom. The number of benzene rings is 1. The van der Waals surface area contributed by atoms with E-state index in [0.717, 1.165) is 5.56 Å². The number of aromatic nitrogens is 4. The monoisotopic (exact) mass is 335 g/mol. The van der Waals surface area contributed by atoms with Crippen LogP contribution >= 0.6 is 11.8 Å². The Labute approximate surface area is 138 Å². The van der Waals surface area contributed by atoms with Crippen molar-refractivity contribution in [1.29, 1.82) is 0 Å². The predicted octanol–water partition coefficient (Wildman–Crippen LogP) is 2.14. The van der Waals surface area contributed by atoms with Crippen LogP contribution in [0.2, 0.25) is 0 Å². The van der Waals surface area contributed by atoms with Crippen LogP contribution < -0.4 is 0 Å². The van der Waals surface area contributed by atoms with Gasteiger partial charge in [0, 0.05) is 13.1 Å². The number of hydrogen-bond donors (Lipinski definition) is 0. The number of carbonyl (C=O) groups excluding carboxylic acids is 1. The Kier molecular flexibility index (Phi) is 6.28. The summed E-state index contributed by atoms with van der Waals surface area (Å²) in [5.74, 6) is -0.125. The molecule has 6 nitrogen and oxygen atoms in total. The molecule has 0 unspecified atom stereocenters. The topological polar surface area (TPSA) is 63.9 Å². The lowest BCUT2D eigenvalue weighted by Crippen LogP contribution is -2.31. The smallest absolute Gasteiger partial charge is 0.233 e. The number of tetrazole rings is 1. The Hall–Kier alpha value is -2.22. The molecule has 0 fully saturated rings. The second-order valence-corrected chi connectivity index (χ2v) is 5.70. The maximum Gasteiger partial charge on any atom is 0.233 e. The van der Waals surface area contributed by atoms with Gasteiger partial charge in [-0.2, -0.15) is 0 Å². The van der Waals surface area contributed by atoms with Crippen LogP contribution in [0.15, 0.2) is 42.1 Å². The Morgan fingerprint density at radius 2 is 2.35 bits per heavy atom. The molecule has 0 saturated heterocycles. The summed E-state index contributed by atoms with van der Waals surface area (Å²) in [6.45, 7) is 6.95. The van der Waals surface area contributed by atoms with Gasteiger partial charge in [0.2, 0.25) is 11.1 Å². The second kappa shape index (κ2) is 8.42. The van der Waals surface area contributed by atoms with Crippen LogP contribution in [0.3, 0.4) is 0 Å². The fourth-order valence-electron chi connectivity index (χ4n) is 1.99. The Balaban J connectivity index is 1.94. The molecule has 0 spiro atoms. The number of nitrogens with zero attached hydrogens (tertiary/aromatic N) is 5. The summed E-state index contributed by atoms with van der Waals surface area (Å²) in [5, 5.41) is 11.9. The lowest BCUT2D eigenvalue weighted by molar-refractivity contribution is -0.128. The maximum absolute atomic E-state index is 13.2. The van der Waals surface area contributed by atoms with Gasteiger partial charge in [0.1, 0.15) is 5.82 Å². The van der Waals surface area contributed by atoms with E-state index in [0.29, 0.717) is 24.8 Å². The molecule has 0 bridgehead atoms. The number of rotatable bonds is 8. The minimum absolute atomic E-state index is 0.0464. The zero-order valence-electron chi connectivity index (χ0n) is 12.9. The molecule has 2 aromatic rings. The van der Waals surface area contributed by atoms with E-state index in [1.807, 2.05) is 6.92 Å². The third-order valence-electron chi connectivity index (χ3n) is 3.12. The van der Waals surface area contributed by atoms with Gasteiger partial charge in [-0.3, -0.25) is 4.79 Å². The van der Waals surface area contributed by atoms with Gasteiger partial charge in [-0.1, -0.05) is 30.0 Å². The Morgan fingerprint density at radius 3 is 3.04 bits per heavy atom. The second-order valence-electron chi connectivity index (χ2n) is 4.76. The van der Waals surface area contributed by atoms with Gasteiger partial charge in [-0.25, -0.2) is 9.07 Å². The Bertz CT molecular complexity index is 675. The van der Waals surface area contributed by atoms with Crippen molar-refractivity contribution >= 4 is 17.7 Å². The summed E-state index contributed by atoms with van der Waals surface area (Å²) in [5.41, 5.74) is 0.765. The SMILES string of the molecule is C=CCn1nnnc1SCC(=O)N(CC)Cc1cccc(F)c1. The van der Waals surface area contributed by atoms with E-state index in [-0.39, 0.29) is 17.5 Å². The number of amides is 1. The van der Waals surface area contributed by atoms with E-state index in [1.54, 1.807) is 27.8 Å². The molecule has 1 heterocycles. The zero-order chi connectivity index (χ0) is 16.7. The highest BCUT2D eigenvalue weighted by Gasteiger charge is 2.15. The van der Waals surface area contributed by atoms with Crippen LogP contribution in [0.25, 0.3) is 0 Å². The van der Waals surface area contributed by atoms with E-state index >= 15 is 0 Å². The largest absolute Gasteiger partial charge is 0.338 e. The molecule has 8 heteroatoms. The van der Waals surface area contributed by atoms with E-state index in [9.17, 15) is 9.18 Å². The molecule has 2 rings (SSSR count). The summed E-state index contributed by atoms with van der Waals surface area (Å²) >= 11 is 1.27. The van der Waals surface area contributed by atoms with Crippen LogP contribution in [0.5, 0.6) is 0 Å². The van der Waals surface area contributed by atoms with E-state index in [1.165, 1.54) is 23.9 Å². The molecule has 0 aliphatic rings. The van der Waals surface area contributed by atoms with Crippen molar-refractivity contribution in [2.24, 2.45) is 0 Å². The number of carbonyl (C=O) groups is 1. The molecule has 0 saturated carbocycles. The highest BCUT2D eigenvalue weighted by molar-refractivity contribution is 7.99. The van der Waals surface area contributed by atoms with Gasteiger partial charge < -0.3 is 4.90 Å². The molecule has 0 aliphatic heterocycles. The lowest BCUT2D eigenvalue weighted by atomic mass is 10.2. The molecule has 0 N–H and O–H groups in total. The summed E-state index contributed by atoms with van der Waals surface area (Å²) in [6, 6.07) is 6.27. The lowest BCUT2D eigenvalue weighted by Gasteiger charge is -2.20. The summed E-state index contributed by atoms with van der Waals surface area (Å²) < 4.78 is 14.8. The molecule has 23 heavy (non-hydrogen) atoms. The molecular weight excluding hydrogens is 317 g/mol. The van der Waals surface area contributed by atoms with Crippen molar-refractivity contribution in [3.63, 3.8) is 0 Å². The molecule has 1 aromatic heterocycles. The van der Waals surface area contributed by atoms with Crippen LogP contribution in [0.1, 0.15) is 12.5 Å². The van der Waals surface area contributed by atoms with Crippen LogP contribution in [0.4, 0.5) is 4.39 Å². The number of thioether (sulfide) groups is 1. The average Bonchev–Trinajstić information content (AvgIpc) is 2.98. The van der Waals surface area contributed by atoms with Crippen LogP contribution in [-0.2, 0) is 17.9 Å². The van der Waals surface area contributed by atoms with Gasteiger partial charge in [0.15, 0.2) is 0 Å². The molecule has 0 aliphatic carbocycles. The molecule has 1 aromatic carbocycles. The molecule has 0 atom stereocenters. The molecule has 1 amide bonds. The molecule has 0 radical (unpaired) electrons. The average molecular weight is 335 g/mol. The van der Waals surface area contributed by atoms with E-state index in [4.69, 9.17) is 0 Å². The van der Waals surface area contributed by atoms with Crippen molar-refractivity contribution in [3.05, 3.63) is 48.3 Å². The predicted molar refractivity (Wildman–Crippen MR) is 86.2 cm³/mol. The zero-order valence-corrected chi connectivity index (χ0v) is 13.7. The third kappa shape index (κ3) is 4.88.